The van der Waals surface area contributed by atoms with Crippen LogP contribution in [0.3, 0.4) is 0 Å². The molecule has 1 heterocycles. The van der Waals surface area contributed by atoms with Crippen LogP contribution in [0, 0.1) is 0 Å². The molecule has 0 radical (unpaired) electrons. The molecule has 0 spiro atoms. The first kappa shape index (κ1) is 9.67. The number of nitrogens with zero attached hydrogens (tertiary/aromatic N) is 1. The Morgan fingerprint density at radius 2 is 2.46 bits per heavy atom. The quantitative estimate of drug-likeness (QED) is 0.673. The molecule has 74 valence electrons. The zero-order valence-corrected chi connectivity index (χ0v) is 7.36. The van der Waals surface area contributed by atoms with E-state index in [1.807, 2.05) is 0 Å². The molecule has 0 aliphatic carbocycles. The first-order chi connectivity index (χ1) is 6.34. The number of carbonyl (C=O) groups is 1. The molecule has 3 N–H and O–H groups in total. The highest BCUT2D eigenvalue weighted by molar-refractivity contribution is 5.92. The van der Waals surface area contributed by atoms with Gasteiger partial charge >= 0.3 is 0 Å². The Morgan fingerprint density at radius 3 is 3.08 bits per heavy atom. The maximum atomic E-state index is 11.3. The lowest BCUT2D eigenvalue weighted by atomic mass is 10.3. The van der Waals surface area contributed by atoms with Crippen molar-refractivity contribution in [3.8, 4) is 0 Å². The van der Waals surface area contributed by atoms with Gasteiger partial charge in [-0.15, -0.1) is 0 Å². The van der Waals surface area contributed by atoms with Crippen LogP contribution in [0.2, 0.25) is 0 Å². The Labute approximate surface area is 80.1 Å². The second-order valence-electron chi connectivity index (χ2n) is 2.61. The number of rotatable bonds is 4. The maximum Gasteiger partial charge on any atom is 0.269 e. The highest BCUT2D eigenvalue weighted by atomic mass is 16.1. The molecule has 4 nitrogen and oxygen atoms in total. The van der Waals surface area contributed by atoms with Crippen LogP contribution in [0.15, 0.2) is 24.4 Å². The Bertz CT molecular complexity index is 269. The summed E-state index contributed by atoms with van der Waals surface area (Å²) in [4.78, 5) is 15.2. The summed E-state index contributed by atoms with van der Waals surface area (Å²) in [7, 11) is 0. The molecule has 0 aliphatic rings. The molecular formula is C9H17N3O. The van der Waals surface area contributed by atoms with Gasteiger partial charge in [0.25, 0.3) is 5.91 Å². The minimum absolute atomic E-state index is 0. The number of aromatic nitrogens is 1. The Kier molecular flexibility index (Phi) is 3.92. The SMILES string of the molecule is NCCCNC(=O)c1ccccn1.[HH].[HH]. The number of hydrogen-bond acceptors (Lipinski definition) is 3. The fraction of sp³-hybridized carbons (Fsp3) is 0.333. The highest BCUT2D eigenvalue weighted by Gasteiger charge is 2.03. The summed E-state index contributed by atoms with van der Waals surface area (Å²) in [5.41, 5.74) is 5.73. The van der Waals surface area contributed by atoms with Gasteiger partial charge in [0, 0.05) is 15.6 Å². The summed E-state index contributed by atoms with van der Waals surface area (Å²) < 4.78 is 0. The lowest BCUT2D eigenvalue weighted by Gasteiger charge is -2.02. The number of pyridine rings is 1. The summed E-state index contributed by atoms with van der Waals surface area (Å²) in [6.45, 7) is 1.19. The number of nitrogens with one attached hydrogen (secondary N) is 1. The van der Waals surface area contributed by atoms with Crippen molar-refractivity contribution in [3.63, 3.8) is 0 Å². The molecule has 1 aromatic heterocycles. The van der Waals surface area contributed by atoms with E-state index in [1.54, 1.807) is 24.4 Å². The van der Waals surface area contributed by atoms with Crippen LogP contribution in [0.4, 0.5) is 0 Å². The summed E-state index contributed by atoms with van der Waals surface area (Å²) in [5.74, 6) is -0.144. The predicted octanol–water partition coefficient (Wildman–Crippen LogP) is 0.652. The fourth-order valence-corrected chi connectivity index (χ4v) is 0.892. The van der Waals surface area contributed by atoms with Gasteiger partial charge in [0.2, 0.25) is 0 Å². The molecule has 0 atom stereocenters. The first-order valence-electron chi connectivity index (χ1n) is 4.24. The third-order valence-electron chi connectivity index (χ3n) is 1.56. The van der Waals surface area contributed by atoms with Crippen LogP contribution in [0.1, 0.15) is 19.8 Å². The van der Waals surface area contributed by atoms with E-state index in [2.05, 4.69) is 10.3 Å². The second-order valence-corrected chi connectivity index (χ2v) is 2.61. The predicted molar refractivity (Wildman–Crippen MR) is 54.5 cm³/mol. The van der Waals surface area contributed by atoms with Crippen LogP contribution < -0.4 is 11.1 Å². The molecule has 0 fully saturated rings. The number of hydrogen-bond donors (Lipinski definition) is 2. The molecule has 13 heavy (non-hydrogen) atoms. The number of carbonyl (C=O) groups excluding carboxylic acids is 1. The second kappa shape index (κ2) is 5.27. The van der Waals surface area contributed by atoms with Crippen molar-refractivity contribution in [3.05, 3.63) is 30.1 Å². The van der Waals surface area contributed by atoms with Crippen molar-refractivity contribution in [2.75, 3.05) is 13.1 Å². The highest BCUT2D eigenvalue weighted by Crippen LogP contribution is 1.92. The summed E-state index contributed by atoms with van der Waals surface area (Å²) in [6, 6.07) is 5.24. The largest absolute Gasteiger partial charge is 0.351 e. The standard InChI is InChI=1S/C9H13N3O.2H2/c10-5-3-7-12-9(13)8-4-1-2-6-11-8;;/h1-2,4,6H,3,5,7,10H2,(H,12,13);2*1H. The van der Waals surface area contributed by atoms with Gasteiger partial charge in [-0.25, -0.2) is 0 Å². The fourth-order valence-electron chi connectivity index (χ4n) is 0.892. The van der Waals surface area contributed by atoms with Gasteiger partial charge in [-0.3, -0.25) is 9.78 Å². The minimum atomic E-state index is -0.144. The lowest BCUT2D eigenvalue weighted by Crippen LogP contribution is -2.26. The average Bonchev–Trinajstić information content (AvgIpc) is 2.19. The van der Waals surface area contributed by atoms with E-state index in [-0.39, 0.29) is 8.76 Å². The molecule has 0 saturated carbocycles. The van der Waals surface area contributed by atoms with Crippen molar-refractivity contribution >= 4 is 5.91 Å². The summed E-state index contributed by atoms with van der Waals surface area (Å²) in [6.07, 6.45) is 2.39. The van der Waals surface area contributed by atoms with Gasteiger partial charge in [-0.2, -0.15) is 0 Å². The summed E-state index contributed by atoms with van der Waals surface area (Å²) in [5, 5.41) is 2.72. The third-order valence-corrected chi connectivity index (χ3v) is 1.56. The van der Waals surface area contributed by atoms with Crippen LogP contribution in [-0.2, 0) is 0 Å². The number of nitrogens with two attached hydrogens (primary N) is 1. The topological polar surface area (TPSA) is 68.0 Å². The molecular weight excluding hydrogens is 166 g/mol. The lowest BCUT2D eigenvalue weighted by molar-refractivity contribution is 0.0948. The van der Waals surface area contributed by atoms with E-state index in [0.29, 0.717) is 18.8 Å². The molecule has 0 bridgehead atoms. The Hall–Kier alpha value is -1.42. The van der Waals surface area contributed by atoms with Crippen molar-refractivity contribution in [2.45, 2.75) is 6.42 Å². The molecule has 1 aromatic rings. The molecule has 1 rings (SSSR count). The van der Waals surface area contributed by atoms with E-state index >= 15 is 0 Å². The monoisotopic (exact) mass is 183 g/mol. The van der Waals surface area contributed by atoms with Crippen molar-refractivity contribution in [2.24, 2.45) is 5.73 Å². The van der Waals surface area contributed by atoms with Gasteiger partial charge in [0.1, 0.15) is 5.69 Å². The zero-order valence-electron chi connectivity index (χ0n) is 7.36. The van der Waals surface area contributed by atoms with E-state index < -0.39 is 0 Å². The van der Waals surface area contributed by atoms with E-state index in [0.717, 1.165) is 6.42 Å². The third kappa shape index (κ3) is 3.21. The molecule has 0 unspecified atom stereocenters. The summed E-state index contributed by atoms with van der Waals surface area (Å²) >= 11 is 0. The minimum Gasteiger partial charge on any atom is -0.351 e. The van der Waals surface area contributed by atoms with E-state index in [9.17, 15) is 4.79 Å². The molecule has 0 saturated heterocycles. The van der Waals surface area contributed by atoms with Crippen LogP contribution in [0.25, 0.3) is 0 Å². The smallest absolute Gasteiger partial charge is 0.269 e. The zero-order chi connectivity index (χ0) is 9.52. The van der Waals surface area contributed by atoms with E-state index in [1.165, 1.54) is 0 Å². The van der Waals surface area contributed by atoms with E-state index in [4.69, 9.17) is 5.73 Å². The van der Waals surface area contributed by atoms with Crippen molar-refractivity contribution in [1.82, 2.24) is 10.3 Å². The van der Waals surface area contributed by atoms with Gasteiger partial charge in [0.15, 0.2) is 0 Å². The van der Waals surface area contributed by atoms with Crippen LogP contribution in [0.5, 0.6) is 0 Å². The van der Waals surface area contributed by atoms with Gasteiger partial charge in [0.05, 0.1) is 0 Å². The Morgan fingerprint density at radius 1 is 1.62 bits per heavy atom. The van der Waals surface area contributed by atoms with Gasteiger partial charge in [-0.05, 0) is 25.1 Å². The maximum absolute atomic E-state index is 11.3. The average molecular weight is 183 g/mol. The molecule has 0 aromatic carbocycles. The Balaban J connectivity index is 0. The van der Waals surface area contributed by atoms with Gasteiger partial charge in [-0.1, -0.05) is 6.07 Å². The molecule has 1 amide bonds. The number of amides is 1. The van der Waals surface area contributed by atoms with Crippen molar-refractivity contribution < 1.29 is 7.65 Å². The van der Waals surface area contributed by atoms with Crippen LogP contribution >= 0.6 is 0 Å². The normalized spacial score (nSPS) is 9.62. The van der Waals surface area contributed by atoms with Crippen LogP contribution in [-0.4, -0.2) is 24.0 Å². The molecule has 0 aliphatic heterocycles. The van der Waals surface area contributed by atoms with Gasteiger partial charge < -0.3 is 11.1 Å². The molecule has 4 heteroatoms. The van der Waals surface area contributed by atoms with Crippen molar-refractivity contribution in [1.29, 1.82) is 0 Å². The first-order valence-corrected chi connectivity index (χ1v) is 4.24.